The molecule has 0 saturated heterocycles. The third-order valence-corrected chi connectivity index (χ3v) is 2.93. The van der Waals surface area contributed by atoms with Crippen LogP contribution in [0.3, 0.4) is 0 Å². The molecule has 0 N–H and O–H groups in total. The molecule has 22 heavy (non-hydrogen) atoms. The summed E-state index contributed by atoms with van der Waals surface area (Å²) in [4.78, 5) is 3.90. The Morgan fingerprint density at radius 2 is 1.59 bits per heavy atom. The Balaban J connectivity index is 2.01. The van der Waals surface area contributed by atoms with Gasteiger partial charge in [0.15, 0.2) is 0 Å². The summed E-state index contributed by atoms with van der Waals surface area (Å²) >= 11 is 4.57. The summed E-state index contributed by atoms with van der Waals surface area (Å²) in [5.74, 6) is 7.07. The molecule has 0 aromatic heterocycles. The van der Waals surface area contributed by atoms with Crippen molar-refractivity contribution in [3.8, 4) is 17.6 Å². The van der Waals surface area contributed by atoms with Crippen LogP contribution in [-0.2, 0) is 0 Å². The van der Waals surface area contributed by atoms with E-state index in [4.69, 9.17) is 4.74 Å². The minimum Gasteiger partial charge on any atom is -0.493 e. The van der Waals surface area contributed by atoms with Gasteiger partial charge in [-0.1, -0.05) is 17.9 Å². The quantitative estimate of drug-likeness (QED) is 0.261. The third kappa shape index (κ3) is 5.03. The highest BCUT2D eigenvalue weighted by Crippen LogP contribution is 2.13. The van der Waals surface area contributed by atoms with Gasteiger partial charge in [0.2, 0.25) is 0 Å². The zero-order valence-corrected chi connectivity index (χ0v) is 12.9. The maximum Gasteiger partial charge on any atom is 0.119 e. The van der Waals surface area contributed by atoms with Crippen LogP contribution in [0.5, 0.6) is 5.75 Å². The molecule has 0 aliphatic rings. The summed E-state index contributed by atoms with van der Waals surface area (Å²) in [5.41, 5.74) is 2.65. The lowest BCUT2D eigenvalue weighted by Crippen LogP contribution is -1.94. The maximum atomic E-state index is 5.56. The molecule has 0 saturated carbocycles. The van der Waals surface area contributed by atoms with Gasteiger partial charge in [-0.25, -0.2) is 0 Å². The van der Waals surface area contributed by atoms with Crippen molar-refractivity contribution in [1.29, 1.82) is 0 Å². The highest BCUT2D eigenvalue weighted by Gasteiger charge is 1.93. The Bertz CT molecular complexity index is 730. The number of hydrogen-bond acceptors (Lipinski definition) is 3. The topological polar surface area (TPSA) is 21.6 Å². The van der Waals surface area contributed by atoms with Gasteiger partial charge in [-0.05, 0) is 67.2 Å². The predicted molar refractivity (Wildman–Crippen MR) is 93.9 cm³/mol. The van der Waals surface area contributed by atoms with Crippen molar-refractivity contribution in [3.05, 3.63) is 72.3 Å². The fraction of sp³-hybridized carbons (Fsp3) is 0.105. The van der Waals surface area contributed by atoms with Crippen molar-refractivity contribution in [2.45, 2.75) is 6.42 Å². The van der Waals surface area contributed by atoms with Crippen molar-refractivity contribution in [3.63, 3.8) is 0 Å². The lowest BCUT2D eigenvalue weighted by Gasteiger charge is -2.03. The number of aliphatic imine (C=N–C) groups is 1. The van der Waals surface area contributed by atoms with E-state index in [2.05, 4.69) is 40.8 Å². The Morgan fingerprint density at radius 1 is 1.00 bits per heavy atom. The minimum absolute atomic E-state index is 0.644. The van der Waals surface area contributed by atoms with Crippen molar-refractivity contribution in [1.82, 2.24) is 0 Å². The van der Waals surface area contributed by atoms with Crippen LogP contribution in [0.2, 0.25) is 0 Å². The van der Waals surface area contributed by atoms with Crippen LogP contribution in [0.1, 0.15) is 17.5 Å². The monoisotopic (exact) mass is 305 g/mol. The number of ether oxygens (including phenoxy) is 1. The van der Waals surface area contributed by atoms with Crippen LogP contribution in [0.15, 0.2) is 66.2 Å². The van der Waals surface area contributed by atoms with Gasteiger partial charge >= 0.3 is 0 Å². The van der Waals surface area contributed by atoms with Gasteiger partial charge < -0.3 is 4.74 Å². The first-order valence-electron chi connectivity index (χ1n) is 6.85. The second-order valence-corrected chi connectivity index (χ2v) is 4.63. The molecule has 0 spiro atoms. The van der Waals surface area contributed by atoms with E-state index >= 15 is 0 Å². The summed E-state index contributed by atoms with van der Waals surface area (Å²) < 4.78 is 5.56. The lowest BCUT2D eigenvalue weighted by molar-refractivity contribution is 0.325. The number of benzene rings is 2. The van der Waals surface area contributed by atoms with E-state index in [1.165, 1.54) is 0 Å². The smallest absolute Gasteiger partial charge is 0.119 e. The molecule has 2 rings (SSSR count). The molecule has 0 bridgehead atoms. The first-order valence-corrected chi connectivity index (χ1v) is 7.26. The second kappa shape index (κ2) is 8.59. The second-order valence-electron chi connectivity index (χ2n) is 4.45. The average molecular weight is 305 g/mol. The Kier molecular flexibility index (Phi) is 6.14. The Morgan fingerprint density at radius 3 is 2.14 bits per heavy atom. The van der Waals surface area contributed by atoms with E-state index in [1.807, 2.05) is 54.6 Å². The first kappa shape index (κ1) is 15.7. The van der Waals surface area contributed by atoms with Crippen LogP contribution in [0, 0.1) is 11.8 Å². The summed E-state index contributed by atoms with van der Waals surface area (Å²) in [6, 6.07) is 15.3. The SMILES string of the molecule is C=CCCOc1ccc(C#Cc2ccc(N=C=S)cc2)cc1. The molecular weight excluding hydrogens is 290 g/mol. The lowest BCUT2D eigenvalue weighted by atomic mass is 10.1. The fourth-order valence-electron chi connectivity index (χ4n) is 1.71. The van der Waals surface area contributed by atoms with Crippen LogP contribution in [0.4, 0.5) is 5.69 Å². The molecule has 2 aromatic rings. The highest BCUT2D eigenvalue weighted by atomic mass is 32.1. The number of isothiocyanates is 1. The highest BCUT2D eigenvalue weighted by molar-refractivity contribution is 7.78. The van der Waals surface area contributed by atoms with Gasteiger partial charge in [-0.15, -0.1) is 6.58 Å². The summed E-state index contributed by atoms with van der Waals surface area (Å²) in [5, 5.41) is 2.34. The van der Waals surface area contributed by atoms with Crippen molar-refractivity contribution in [2.75, 3.05) is 6.61 Å². The molecule has 0 unspecified atom stereocenters. The molecule has 0 atom stereocenters. The molecule has 0 aliphatic heterocycles. The zero-order valence-electron chi connectivity index (χ0n) is 12.1. The number of hydrogen-bond donors (Lipinski definition) is 0. The number of thiocarbonyl (C=S) groups is 1. The standard InChI is InChI=1S/C19H15NOS/c1-2-3-14-21-19-12-8-17(9-13-19)5-4-16-6-10-18(11-7-16)20-15-22/h2,6-13H,1,3,14H2. The van der Waals surface area contributed by atoms with Gasteiger partial charge in [0, 0.05) is 11.1 Å². The first-order chi connectivity index (χ1) is 10.8. The van der Waals surface area contributed by atoms with E-state index in [-0.39, 0.29) is 0 Å². The number of rotatable bonds is 5. The minimum atomic E-state index is 0.644. The molecule has 0 heterocycles. The molecule has 0 aliphatic carbocycles. The van der Waals surface area contributed by atoms with Crippen molar-refractivity contribution in [2.24, 2.45) is 4.99 Å². The average Bonchev–Trinajstić information content (AvgIpc) is 2.56. The predicted octanol–water partition coefficient (Wildman–Crippen LogP) is 4.78. The summed E-state index contributed by atoms with van der Waals surface area (Å²) in [7, 11) is 0. The third-order valence-electron chi connectivity index (χ3n) is 2.84. The zero-order chi connectivity index (χ0) is 15.6. The fourth-order valence-corrected chi connectivity index (χ4v) is 1.82. The molecule has 0 radical (unpaired) electrons. The molecule has 2 aromatic carbocycles. The van der Waals surface area contributed by atoms with Gasteiger partial charge in [0.05, 0.1) is 17.5 Å². The van der Waals surface area contributed by atoms with Crippen LogP contribution < -0.4 is 4.74 Å². The Labute approximate surface area is 136 Å². The van der Waals surface area contributed by atoms with Gasteiger partial charge in [0.25, 0.3) is 0 Å². The van der Waals surface area contributed by atoms with Crippen LogP contribution in [-0.4, -0.2) is 11.8 Å². The Hall–Kier alpha value is -2.66. The summed E-state index contributed by atoms with van der Waals surface area (Å²) in [6.07, 6.45) is 2.67. The van der Waals surface area contributed by atoms with Crippen molar-refractivity contribution < 1.29 is 4.74 Å². The molecule has 3 heteroatoms. The van der Waals surface area contributed by atoms with Crippen LogP contribution in [0.25, 0.3) is 0 Å². The van der Waals surface area contributed by atoms with E-state index in [0.717, 1.165) is 29.0 Å². The molecule has 108 valence electrons. The largest absolute Gasteiger partial charge is 0.493 e. The molecule has 0 fully saturated rings. The van der Waals surface area contributed by atoms with E-state index < -0.39 is 0 Å². The molecular formula is C19H15NOS. The molecule has 0 amide bonds. The van der Waals surface area contributed by atoms with E-state index in [0.29, 0.717) is 6.61 Å². The van der Waals surface area contributed by atoms with Gasteiger partial charge in [-0.2, -0.15) is 4.99 Å². The molecule has 2 nitrogen and oxygen atoms in total. The van der Waals surface area contributed by atoms with Gasteiger partial charge in [0.1, 0.15) is 5.75 Å². The van der Waals surface area contributed by atoms with Gasteiger partial charge in [-0.3, -0.25) is 0 Å². The van der Waals surface area contributed by atoms with Crippen molar-refractivity contribution >= 4 is 23.1 Å². The van der Waals surface area contributed by atoms with E-state index in [9.17, 15) is 0 Å². The maximum absolute atomic E-state index is 5.56. The number of nitrogens with zero attached hydrogens (tertiary/aromatic N) is 1. The van der Waals surface area contributed by atoms with Crippen LogP contribution >= 0.6 is 12.2 Å². The normalized spacial score (nSPS) is 9.09. The van der Waals surface area contributed by atoms with E-state index in [1.54, 1.807) is 0 Å². The summed E-state index contributed by atoms with van der Waals surface area (Å²) in [6.45, 7) is 4.31.